The van der Waals surface area contributed by atoms with E-state index in [9.17, 15) is 18.0 Å². The molecule has 0 saturated carbocycles. The number of hydrogen-bond acceptors (Lipinski definition) is 1. The van der Waals surface area contributed by atoms with Crippen molar-refractivity contribution in [2.75, 3.05) is 0 Å². The average Bonchev–Trinajstić information content (AvgIpc) is 2.62. The van der Waals surface area contributed by atoms with Crippen LogP contribution in [0.3, 0.4) is 0 Å². The summed E-state index contributed by atoms with van der Waals surface area (Å²) in [7, 11) is 1.65. The first kappa shape index (κ1) is 13.5. The van der Waals surface area contributed by atoms with Crippen molar-refractivity contribution in [1.82, 2.24) is 4.57 Å². The van der Waals surface area contributed by atoms with Gasteiger partial charge in [-0.25, -0.2) is 0 Å². The Kier molecular flexibility index (Phi) is 3.26. The van der Waals surface area contributed by atoms with Crippen molar-refractivity contribution >= 4 is 16.9 Å². The molecule has 1 N–H and O–H groups in total. The van der Waals surface area contributed by atoms with E-state index in [4.69, 9.17) is 5.11 Å². The van der Waals surface area contributed by atoms with Gasteiger partial charge in [-0.2, -0.15) is 13.2 Å². The summed E-state index contributed by atoms with van der Waals surface area (Å²) < 4.78 is 39.4. The zero-order valence-electron chi connectivity index (χ0n) is 10.2. The van der Waals surface area contributed by atoms with Crippen molar-refractivity contribution in [2.45, 2.75) is 19.0 Å². The van der Waals surface area contributed by atoms with E-state index >= 15 is 0 Å². The normalized spacial score (nSPS) is 12.0. The molecule has 0 radical (unpaired) electrons. The van der Waals surface area contributed by atoms with Gasteiger partial charge < -0.3 is 9.67 Å². The van der Waals surface area contributed by atoms with Gasteiger partial charge in [-0.05, 0) is 24.1 Å². The molecule has 0 aliphatic heterocycles. The fraction of sp³-hybridized carbons (Fsp3) is 0.308. The minimum Gasteiger partial charge on any atom is -0.481 e. The van der Waals surface area contributed by atoms with Crippen LogP contribution in [0.25, 0.3) is 10.9 Å². The number of aryl methyl sites for hydroxylation is 2. The third kappa shape index (κ3) is 2.72. The summed E-state index contributed by atoms with van der Waals surface area (Å²) in [5.74, 6) is -0.927. The van der Waals surface area contributed by atoms with Gasteiger partial charge >= 0.3 is 12.1 Å². The van der Waals surface area contributed by atoms with Crippen LogP contribution in [-0.2, 0) is 24.4 Å². The molecule has 2 rings (SSSR count). The van der Waals surface area contributed by atoms with Gasteiger partial charge in [-0.3, -0.25) is 4.79 Å². The summed E-state index contributed by atoms with van der Waals surface area (Å²) >= 11 is 0. The van der Waals surface area contributed by atoms with Gasteiger partial charge in [0.1, 0.15) is 0 Å². The highest BCUT2D eigenvalue weighted by Gasteiger charge is 2.30. The SMILES string of the molecule is Cn1cc(CCC(=O)O)c2ccc(C(F)(F)F)cc21. The van der Waals surface area contributed by atoms with Crippen LogP contribution in [-0.4, -0.2) is 15.6 Å². The topological polar surface area (TPSA) is 42.2 Å². The van der Waals surface area contributed by atoms with E-state index in [0.717, 1.165) is 17.7 Å². The number of benzene rings is 1. The third-order valence-electron chi connectivity index (χ3n) is 3.01. The Morgan fingerprint density at radius 3 is 2.63 bits per heavy atom. The zero-order chi connectivity index (χ0) is 14.2. The van der Waals surface area contributed by atoms with E-state index in [2.05, 4.69) is 0 Å². The van der Waals surface area contributed by atoms with Crippen LogP contribution in [0.15, 0.2) is 24.4 Å². The standard InChI is InChI=1S/C13H12F3NO2/c1-17-7-8(2-5-12(18)19)10-4-3-9(6-11(10)17)13(14,15)16/h3-4,6-7H,2,5H2,1H3,(H,18,19). The van der Waals surface area contributed by atoms with E-state index in [0.29, 0.717) is 17.3 Å². The van der Waals surface area contributed by atoms with E-state index in [1.165, 1.54) is 6.07 Å². The first-order chi connectivity index (χ1) is 8.79. The number of rotatable bonds is 3. The minimum absolute atomic E-state index is 0.0415. The Bertz CT molecular complexity index is 629. The highest BCUT2D eigenvalue weighted by Crippen LogP contribution is 2.32. The number of nitrogens with zero attached hydrogens (tertiary/aromatic N) is 1. The number of hydrogen-bond donors (Lipinski definition) is 1. The third-order valence-corrected chi connectivity index (χ3v) is 3.01. The number of carboxylic acid groups (broad SMARTS) is 1. The lowest BCUT2D eigenvalue weighted by molar-refractivity contribution is -0.138. The molecule has 1 heterocycles. The minimum atomic E-state index is -4.38. The fourth-order valence-corrected chi connectivity index (χ4v) is 2.08. The molecule has 1 aromatic heterocycles. The highest BCUT2D eigenvalue weighted by atomic mass is 19.4. The molecular formula is C13H12F3NO2. The Hall–Kier alpha value is -1.98. The number of fused-ring (bicyclic) bond motifs is 1. The molecule has 0 atom stereocenters. The largest absolute Gasteiger partial charge is 0.481 e. The van der Waals surface area contributed by atoms with Crippen molar-refractivity contribution in [3.8, 4) is 0 Å². The summed E-state index contributed by atoms with van der Waals surface area (Å²) in [6, 6.07) is 3.50. The molecule has 3 nitrogen and oxygen atoms in total. The van der Waals surface area contributed by atoms with Gasteiger partial charge in [0.05, 0.1) is 5.56 Å². The molecule has 0 fully saturated rings. The van der Waals surface area contributed by atoms with Crippen molar-refractivity contribution in [3.63, 3.8) is 0 Å². The molecule has 0 bridgehead atoms. The summed E-state index contributed by atoms with van der Waals surface area (Å²) in [5.41, 5.74) is 0.495. The van der Waals surface area contributed by atoms with Gasteiger partial charge in [0, 0.05) is 30.6 Å². The Balaban J connectivity index is 2.45. The number of aliphatic carboxylic acids is 1. The van der Waals surface area contributed by atoms with Crippen molar-refractivity contribution in [2.24, 2.45) is 7.05 Å². The lowest BCUT2D eigenvalue weighted by atomic mass is 10.1. The number of halogens is 3. The van der Waals surface area contributed by atoms with Crippen LogP contribution in [0.5, 0.6) is 0 Å². The average molecular weight is 271 g/mol. The molecule has 0 amide bonds. The number of aromatic nitrogens is 1. The molecule has 2 aromatic rings. The first-order valence-electron chi connectivity index (χ1n) is 5.66. The molecule has 1 aromatic carbocycles. The molecule has 102 valence electrons. The summed E-state index contributed by atoms with van der Waals surface area (Å²) in [6.07, 6.45) is -2.44. The Morgan fingerprint density at radius 1 is 1.37 bits per heavy atom. The van der Waals surface area contributed by atoms with Gasteiger partial charge in [0.15, 0.2) is 0 Å². The second-order valence-corrected chi connectivity index (χ2v) is 4.39. The molecule has 19 heavy (non-hydrogen) atoms. The van der Waals surface area contributed by atoms with Crippen LogP contribution in [0.4, 0.5) is 13.2 Å². The first-order valence-corrected chi connectivity index (χ1v) is 5.66. The predicted molar refractivity (Wildman–Crippen MR) is 63.9 cm³/mol. The maximum Gasteiger partial charge on any atom is 0.416 e. The molecule has 0 saturated heterocycles. The van der Waals surface area contributed by atoms with Crippen LogP contribution in [0.1, 0.15) is 17.5 Å². The molecule has 0 spiro atoms. The number of carbonyl (C=O) groups is 1. The summed E-state index contributed by atoms with van der Waals surface area (Å²) in [6.45, 7) is 0. The van der Waals surface area contributed by atoms with Gasteiger partial charge in [0.2, 0.25) is 0 Å². The van der Waals surface area contributed by atoms with Crippen molar-refractivity contribution in [1.29, 1.82) is 0 Å². The highest BCUT2D eigenvalue weighted by molar-refractivity contribution is 5.85. The van der Waals surface area contributed by atoms with Crippen LogP contribution >= 0.6 is 0 Å². The fourth-order valence-electron chi connectivity index (χ4n) is 2.08. The van der Waals surface area contributed by atoms with Crippen LogP contribution < -0.4 is 0 Å². The smallest absolute Gasteiger partial charge is 0.416 e. The molecule has 0 unspecified atom stereocenters. The van der Waals surface area contributed by atoms with Gasteiger partial charge in [0.25, 0.3) is 0 Å². The van der Waals surface area contributed by atoms with Crippen molar-refractivity contribution in [3.05, 3.63) is 35.5 Å². The van der Waals surface area contributed by atoms with Crippen molar-refractivity contribution < 1.29 is 23.1 Å². The molecule has 0 aliphatic carbocycles. The number of carboxylic acids is 1. The Labute approximate surface area is 107 Å². The lowest BCUT2D eigenvalue weighted by Gasteiger charge is -2.07. The maximum atomic E-state index is 12.6. The zero-order valence-corrected chi connectivity index (χ0v) is 10.2. The predicted octanol–water partition coefficient (Wildman–Crippen LogP) is 3.21. The van der Waals surface area contributed by atoms with Crippen LogP contribution in [0.2, 0.25) is 0 Å². The van der Waals surface area contributed by atoms with E-state index in [1.807, 2.05) is 0 Å². The molecule has 6 heteroatoms. The molecular weight excluding hydrogens is 259 g/mol. The number of alkyl halides is 3. The van der Waals surface area contributed by atoms with E-state index in [-0.39, 0.29) is 6.42 Å². The van der Waals surface area contributed by atoms with Crippen LogP contribution in [0, 0.1) is 0 Å². The van der Waals surface area contributed by atoms with Gasteiger partial charge in [-0.15, -0.1) is 0 Å². The lowest BCUT2D eigenvalue weighted by Crippen LogP contribution is -2.04. The van der Waals surface area contributed by atoms with Gasteiger partial charge in [-0.1, -0.05) is 6.07 Å². The monoisotopic (exact) mass is 271 g/mol. The molecule has 0 aliphatic rings. The maximum absolute atomic E-state index is 12.6. The summed E-state index contributed by atoms with van der Waals surface area (Å²) in [4.78, 5) is 10.5. The van der Waals surface area contributed by atoms with E-state index < -0.39 is 17.7 Å². The van der Waals surface area contributed by atoms with E-state index in [1.54, 1.807) is 17.8 Å². The second-order valence-electron chi connectivity index (χ2n) is 4.39. The summed E-state index contributed by atoms with van der Waals surface area (Å²) in [5, 5.41) is 9.31. The second kappa shape index (κ2) is 4.60. The quantitative estimate of drug-likeness (QED) is 0.931. The Morgan fingerprint density at radius 2 is 2.05 bits per heavy atom.